The molecule has 0 fully saturated rings. The second-order valence-corrected chi connectivity index (χ2v) is 13.1. The fourth-order valence-corrected chi connectivity index (χ4v) is 5.37. The first-order valence-corrected chi connectivity index (χ1v) is 14.7. The van der Waals surface area contributed by atoms with E-state index in [4.69, 9.17) is 9.40 Å². The van der Waals surface area contributed by atoms with Gasteiger partial charge in [-0.2, -0.15) is 0 Å². The molecule has 0 amide bonds. The Bertz CT molecular complexity index is 1750. The molecule has 42 heavy (non-hydrogen) atoms. The average Bonchev–Trinajstić information content (AvgIpc) is 3.60. The third kappa shape index (κ3) is 5.62. The van der Waals surface area contributed by atoms with Gasteiger partial charge in [0.05, 0.1) is 17.4 Å². The second kappa shape index (κ2) is 10.7. The Hall–Kier alpha value is -4.57. The lowest BCUT2D eigenvalue weighted by molar-refractivity contribution is 0.552. The number of oxazole rings is 1. The van der Waals surface area contributed by atoms with Crippen molar-refractivity contribution >= 4 is 22.9 Å². The molecule has 1 N–H and O–H groups in total. The highest BCUT2D eigenvalue weighted by molar-refractivity contribution is 5.82. The number of rotatable bonds is 5. The zero-order chi connectivity index (χ0) is 29.5. The molecule has 0 spiro atoms. The molecule has 4 aromatic carbocycles. The molecule has 1 aliphatic rings. The summed E-state index contributed by atoms with van der Waals surface area (Å²) in [6.07, 6.45) is 6.54. The Morgan fingerprint density at radius 1 is 0.762 bits per heavy atom. The molecule has 0 saturated heterocycles. The minimum atomic E-state index is -0.0618. The second-order valence-electron chi connectivity index (χ2n) is 13.1. The van der Waals surface area contributed by atoms with Gasteiger partial charge in [0.1, 0.15) is 5.52 Å². The third-order valence-corrected chi connectivity index (χ3v) is 7.82. The Morgan fingerprint density at radius 2 is 1.43 bits per heavy atom. The van der Waals surface area contributed by atoms with Crippen LogP contribution in [0.2, 0.25) is 0 Å². The van der Waals surface area contributed by atoms with Crippen LogP contribution in [-0.4, -0.2) is 4.98 Å². The van der Waals surface area contributed by atoms with Crippen molar-refractivity contribution in [1.82, 2.24) is 10.4 Å². The Morgan fingerprint density at radius 3 is 2.07 bits per heavy atom. The summed E-state index contributed by atoms with van der Waals surface area (Å²) in [4.78, 5) is 4.97. The highest BCUT2D eigenvalue weighted by Gasteiger charge is 2.27. The topological polar surface area (TPSA) is 41.3 Å². The SMILES string of the molecule is CC(C)(C)c1cc(C(C)(C)C)c2oc(-c3ccc(N4NC(C=Cc5ccccc5)=CC4c4ccccc4)cc3)nc2c1. The number of hydrogen-bond donors (Lipinski definition) is 1. The maximum absolute atomic E-state index is 6.47. The molecule has 0 radical (unpaired) electrons. The normalized spacial score (nSPS) is 15.8. The lowest BCUT2D eigenvalue weighted by atomic mass is 9.80. The van der Waals surface area contributed by atoms with Crippen molar-refractivity contribution < 1.29 is 4.42 Å². The Kier molecular flexibility index (Phi) is 7.02. The smallest absolute Gasteiger partial charge is 0.227 e. The zero-order valence-electron chi connectivity index (χ0n) is 25.3. The average molecular weight is 554 g/mol. The molecule has 0 aliphatic carbocycles. The van der Waals surface area contributed by atoms with Gasteiger partial charge in [-0.15, -0.1) is 0 Å². The van der Waals surface area contributed by atoms with Crippen LogP contribution < -0.4 is 10.4 Å². The molecular weight excluding hydrogens is 514 g/mol. The number of aromatic nitrogens is 1. The lowest BCUT2D eigenvalue weighted by Crippen LogP contribution is -2.34. The molecule has 1 aromatic heterocycles. The van der Waals surface area contributed by atoms with Crippen LogP contribution in [0, 0.1) is 0 Å². The van der Waals surface area contributed by atoms with Crippen LogP contribution in [0.4, 0.5) is 5.69 Å². The summed E-state index contributed by atoms with van der Waals surface area (Å²) < 4.78 is 6.47. The molecule has 5 aromatic rings. The van der Waals surface area contributed by atoms with Crippen LogP contribution in [0.3, 0.4) is 0 Å². The molecule has 1 atom stereocenters. The summed E-state index contributed by atoms with van der Waals surface area (Å²) in [5, 5.41) is 2.21. The van der Waals surface area contributed by atoms with Gasteiger partial charge in [-0.25, -0.2) is 4.98 Å². The van der Waals surface area contributed by atoms with Crippen molar-refractivity contribution in [1.29, 1.82) is 0 Å². The van der Waals surface area contributed by atoms with Crippen molar-refractivity contribution in [3.63, 3.8) is 0 Å². The molecule has 1 unspecified atom stereocenters. The van der Waals surface area contributed by atoms with Crippen molar-refractivity contribution in [3.05, 3.63) is 137 Å². The summed E-state index contributed by atoms with van der Waals surface area (Å²) in [7, 11) is 0. The van der Waals surface area contributed by atoms with E-state index < -0.39 is 0 Å². The molecule has 1 aliphatic heterocycles. The molecule has 4 nitrogen and oxygen atoms in total. The van der Waals surface area contributed by atoms with Crippen molar-refractivity contribution in [2.24, 2.45) is 0 Å². The minimum Gasteiger partial charge on any atom is -0.436 e. The number of fused-ring (bicyclic) bond motifs is 1. The summed E-state index contributed by atoms with van der Waals surface area (Å²) in [6.45, 7) is 13.4. The predicted molar refractivity (Wildman–Crippen MR) is 175 cm³/mol. The largest absolute Gasteiger partial charge is 0.436 e. The fourth-order valence-electron chi connectivity index (χ4n) is 5.37. The predicted octanol–water partition coefficient (Wildman–Crippen LogP) is 9.75. The van der Waals surface area contributed by atoms with E-state index in [2.05, 4.69) is 161 Å². The Labute approximate surface area is 249 Å². The molecule has 212 valence electrons. The van der Waals surface area contributed by atoms with E-state index in [1.54, 1.807) is 0 Å². The van der Waals surface area contributed by atoms with Crippen LogP contribution in [0.5, 0.6) is 0 Å². The third-order valence-electron chi connectivity index (χ3n) is 7.82. The first kappa shape index (κ1) is 27.6. The highest BCUT2D eigenvalue weighted by Crippen LogP contribution is 2.38. The molecule has 0 bridgehead atoms. The van der Waals surface area contributed by atoms with E-state index in [1.165, 1.54) is 22.3 Å². The van der Waals surface area contributed by atoms with Gasteiger partial charge >= 0.3 is 0 Å². The van der Waals surface area contributed by atoms with Crippen molar-refractivity contribution in [2.75, 3.05) is 5.01 Å². The van der Waals surface area contributed by atoms with E-state index in [9.17, 15) is 0 Å². The monoisotopic (exact) mass is 553 g/mol. The first-order chi connectivity index (χ1) is 20.1. The van der Waals surface area contributed by atoms with Gasteiger partial charge in [0.2, 0.25) is 5.89 Å². The van der Waals surface area contributed by atoms with Crippen molar-refractivity contribution in [2.45, 2.75) is 58.4 Å². The van der Waals surface area contributed by atoms with E-state index >= 15 is 0 Å². The van der Waals surface area contributed by atoms with Crippen LogP contribution in [0.25, 0.3) is 28.6 Å². The number of anilines is 1. The molecule has 4 heteroatoms. The van der Waals surface area contributed by atoms with Crippen molar-refractivity contribution in [3.8, 4) is 11.5 Å². The number of nitrogens with one attached hydrogen (secondary N) is 1. The summed E-state index contributed by atoms with van der Waals surface area (Å²) in [5.41, 5.74) is 13.3. The van der Waals surface area contributed by atoms with Gasteiger partial charge in [0.15, 0.2) is 5.58 Å². The maximum Gasteiger partial charge on any atom is 0.227 e. The van der Waals surface area contributed by atoms with Gasteiger partial charge in [-0.05, 0) is 70.0 Å². The summed E-state index contributed by atoms with van der Waals surface area (Å²) in [5.74, 6) is 0.645. The van der Waals surface area contributed by atoms with Gasteiger partial charge < -0.3 is 4.42 Å². The van der Waals surface area contributed by atoms with E-state index in [1.807, 2.05) is 6.07 Å². The van der Waals surface area contributed by atoms with Crippen LogP contribution in [0.15, 0.2) is 119 Å². The molecular formula is C38H39N3O. The standard InChI is InChI=1S/C38H39N3O/c1-37(2,3)29-23-32(38(4,5)6)35-33(24-29)39-36(42-35)28-18-21-31(22-19-28)41-34(27-15-11-8-12-16-27)25-30(40-41)20-17-26-13-9-7-10-14-26/h7-25,34,40H,1-6H3. The number of hydrogen-bond acceptors (Lipinski definition) is 4. The summed E-state index contributed by atoms with van der Waals surface area (Å²) >= 11 is 0. The van der Waals surface area contributed by atoms with Crippen LogP contribution in [0.1, 0.15) is 69.8 Å². The molecule has 0 saturated carbocycles. The van der Waals surface area contributed by atoms with Gasteiger partial charge in [0.25, 0.3) is 0 Å². The number of benzene rings is 4. The van der Waals surface area contributed by atoms with Gasteiger partial charge in [0, 0.05) is 11.1 Å². The fraction of sp³-hybridized carbons (Fsp3) is 0.237. The van der Waals surface area contributed by atoms with E-state index in [-0.39, 0.29) is 16.9 Å². The maximum atomic E-state index is 6.47. The minimum absolute atomic E-state index is 0.0240. The zero-order valence-corrected chi connectivity index (χ0v) is 25.3. The quantitative estimate of drug-likeness (QED) is 0.235. The van der Waals surface area contributed by atoms with E-state index in [0.29, 0.717) is 5.89 Å². The van der Waals surface area contributed by atoms with Crippen LogP contribution in [-0.2, 0) is 10.8 Å². The Balaban J connectivity index is 1.32. The molecule has 2 heterocycles. The molecule has 6 rings (SSSR count). The number of nitrogens with zero attached hydrogens (tertiary/aromatic N) is 2. The van der Waals surface area contributed by atoms with Gasteiger partial charge in [-0.1, -0.05) is 114 Å². The van der Waals surface area contributed by atoms with E-state index in [0.717, 1.165) is 28.0 Å². The van der Waals surface area contributed by atoms with Gasteiger partial charge in [-0.3, -0.25) is 10.4 Å². The van der Waals surface area contributed by atoms with Crippen LogP contribution >= 0.6 is 0 Å². The number of hydrazine groups is 1. The summed E-state index contributed by atoms with van der Waals surface area (Å²) in [6, 6.07) is 33.9. The first-order valence-electron chi connectivity index (χ1n) is 14.7. The lowest BCUT2D eigenvalue weighted by Gasteiger charge is -2.27. The highest BCUT2D eigenvalue weighted by atomic mass is 16.3. The number of allylic oxidation sites excluding steroid dienone is 1.